The van der Waals surface area contributed by atoms with Crippen molar-refractivity contribution in [1.29, 1.82) is 0 Å². The molecule has 0 aliphatic heterocycles. The normalized spacial score (nSPS) is 12.0. The van der Waals surface area contributed by atoms with E-state index in [1.165, 1.54) is 0 Å². The van der Waals surface area contributed by atoms with Gasteiger partial charge in [-0.2, -0.15) is 0 Å². The summed E-state index contributed by atoms with van der Waals surface area (Å²) in [7, 11) is 0. The van der Waals surface area contributed by atoms with Gasteiger partial charge < -0.3 is 8.75 Å². The molecule has 27 heavy (non-hydrogen) atoms. The zero-order chi connectivity index (χ0) is 19.2. The molecule has 3 aromatic rings. The maximum Gasteiger partial charge on any atom is 0.285 e. The monoisotopic (exact) mass is 502 g/mol. The highest BCUT2D eigenvalue weighted by Gasteiger charge is 2.21. The Morgan fingerprint density at radius 3 is 2.67 bits per heavy atom. The molecule has 0 saturated heterocycles. The maximum absolute atomic E-state index is 12.5. The third kappa shape index (κ3) is 6.19. The Morgan fingerprint density at radius 1 is 1.22 bits per heavy atom. The molecular weight excluding hydrogens is 491 g/mol. The summed E-state index contributed by atoms with van der Waals surface area (Å²) in [6, 6.07) is 12.6. The Labute approximate surface area is 183 Å². The summed E-state index contributed by atoms with van der Waals surface area (Å²) in [6.45, 7) is 0.538. The van der Waals surface area contributed by atoms with Gasteiger partial charge in [-0.05, 0) is 42.0 Å². The molecule has 4 nitrogen and oxygen atoms in total. The van der Waals surface area contributed by atoms with Crippen LogP contribution in [0.2, 0.25) is 10.0 Å². The average Bonchev–Trinajstić information content (AvgIpc) is 3.14. The summed E-state index contributed by atoms with van der Waals surface area (Å²) in [5, 5.41) is 0.860. The van der Waals surface area contributed by atoms with E-state index in [0.717, 1.165) is 33.8 Å². The zero-order valence-electron chi connectivity index (χ0n) is 13.7. The molecule has 0 radical (unpaired) electrons. The predicted octanol–water partition coefficient (Wildman–Crippen LogP) is 7.27. The molecule has 3 rings (SSSR count). The number of aromatic nitrogens is 2. The lowest BCUT2D eigenvalue weighted by Crippen LogP contribution is -2.07. The van der Waals surface area contributed by atoms with Crippen LogP contribution in [0, 0.1) is 0 Å². The van der Waals surface area contributed by atoms with Gasteiger partial charge in [0.15, 0.2) is 0 Å². The molecule has 1 aromatic heterocycles. The first-order chi connectivity index (χ1) is 13.0. The minimum Gasteiger partial charge on any atom is -0.417 e. The summed E-state index contributed by atoms with van der Waals surface area (Å²) in [5.74, 6) is 0.604. The summed E-state index contributed by atoms with van der Waals surface area (Å²) in [4.78, 5) is 16.5. The summed E-state index contributed by atoms with van der Waals surface area (Å²) in [5.41, 5.74) is 0.831. The standard InChI is InChI=1S/C18H13BrCl2N2O2S2/c19-12-1-4-14(5-2-12)25-27-18(24)26-17(10-23-8-7-22-11-23)15-6-3-13(20)9-16(15)21/h1-9,11,17H,10H2. The fourth-order valence-corrected chi connectivity index (χ4v) is 4.82. The number of hydrogen-bond acceptors (Lipinski definition) is 5. The number of rotatable bonds is 6. The van der Waals surface area contributed by atoms with Gasteiger partial charge in [0, 0.05) is 33.5 Å². The first-order valence-electron chi connectivity index (χ1n) is 7.72. The Bertz CT molecular complexity index is 908. The van der Waals surface area contributed by atoms with E-state index in [4.69, 9.17) is 27.4 Å². The lowest BCUT2D eigenvalue weighted by Gasteiger charge is -2.18. The number of nitrogens with zero attached hydrogens (tertiary/aromatic N) is 2. The smallest absolute Gasteiger partial charge is 0.285 e. The van der Waals surface area contributed by atoms with Crippen LogP contribution in [0.15, 0.2) is 65.7 Å². The van der Waals surface area contributed by atoms with Crippen molar-refractivity contribution in [2.24, 2.45) is 0 Å². The van der Waals surface area contributed by atoms with Crippen molar-refractivity contribution >= 4 is 67.4 Å². The van der Waals surface area contributed by atoms with Gasteiger partial charge in [0.05, 0.1) is 11.6 Å². The number of carbonyl (C=O) groups is 1. The SMILES string of the molecule is O=C(SOc1ccc(Br)cc1)SC(Cn1ccnc1)c1ccc(Cl)cc1Cl. The molecule has 0 fully saturated rings. The average molecular weight is 504 g/mol. The first-order valence-corrected chi connectivity index (χ1v) is 10.9. The second-order valence-corrected chi connectivity index (χ2v) is 9.30. The molecule has 2 aromatic carbocycles. The zero-order valence-corrected chi connectivity index (χ0v) is 18.5. The van der Waals surface area contributed by atoms with Crippen LogP contribution in [0.3, 0.4) is 0 Å². The fraction of sp³-hybridized carbons (Fsp3) is 0.111. The number of thioether (sulfide) groups is 1. The Kier molecular flexibility index (Phi) is 7.55. The van der Waals surface area contributed by atoms with Gasteiger partial charge in [0.25, 0.3) is 4.45 Å². The molecule has 1 heterocycles. The highest BCUT2D eigenvalue weighted by Crippen LogP contribution is 2.39. The molecule has 0 aliphatic carbocycles. The van der Waals surface area contributed by atoms with Gasteiger partial charge in [-0.3, -0.25) is 4.79 Å². The molecule has 0 aliphatic rings. The molecule has 0 spiro atoms. The highest BCUT2D eigenvalue weighted by molar-refractivity contribution is 9.10. The van der Waals surface area contributed by atoms with Crippen molar-refractivity contribution in [1.82, 2.24) is 9.55 Å². The van der Waals surface area contributed by atoms with Crippen LogP contribution in [0.5, 0.6) is 5.75 Å². The fourth-order valence-electron chi connectivity index (χ4n) is 2.26. The quantitative estimate of drug-likeness (QED) is 0.331. The van der Waals surface area contributed by atoms with Crippen molar-refractivity contribution in [3.8, 4) is 5.75 Å². The summed E-state index contributed by atoms with van der Waals surface area (Å²) in [6.07, 6.45) is 5.24. The van der Waals surface area contributed by atoms with E-state index in [0.29, 0.717) is 22.3 Å². The largest absolute Gasteiger partial charge is 0.417 e. The van der Waals surface area contributed by atoms with Crippen LogP contribution in [-0.2, 0) is 6.54 Å². The van der Waals surface area contributed by atoms with E-state index < -0.39 is 0 Å². The Hall–Kier alpha value is -1.12. The minimum absolute atomic E-state index is 0.172. The van der Waals surface area contributed by atoms with Crippen molar-refractivity contribution in [2.45, 2.75) is 11.8 Å². The Morgan fingerprint density at radius 2 is 2.00 bits per heavy atom. The Balaban J connectivity index is 1.70. The van der Waals surface area contributed by atoms with Crippen LogP contribution >= 0.6 is 62.9 Å². The van der Waals surface area contributed by atoms with E-state index in [-0.39, 0.29) is 9.70 Å². The topological polar surface area (TPSA) is 44.1 Å². The van der Waals surface area contributed by atoms with Gasteiger partial charge in [0.2, 0.25) is 0 Å². The molecule has 0 amide bonds. The molecule has 1 atom stereocenters. The number of halogens is 3. The van der Waals surface area contributed by atoms with Crippen LogP contribution in [-0.4, -0.2) is 14.0 Å². The maximum atomic E-state index is 12.5. The van der Waals surface area contributed by atoms with E-state index >= 15 is 0 Å². The van der Waals surface area contributed by atoms with Gasteiger partial charge in [-0.15, -0.1) is 0 Å². The second kappa shape index (κ2) is 9.89. The van der Waals surface area contributed by atoms with Crippen molar-refractivity contribution in [2.75, 3.05) is 0 Å². The first kappa shape index (κ1) is 20.6. The summed E-state index contributed by atoms with van der Waals surface area (Å²) >= 11 is 17.7. The van der Waals surface area contributed by atoms with Gasteiger partial charge in [0.1, 0.15) is 17.8 Å². The number of hydrogen-bond donors (Lipinski definition) is 0. The second-order valence-electron chi connectivity index (χ2n) is 5.40. The third-order valence-corrected chi connectivity index (χ3v) is 6.38. The van der Waals surface area contributed by atoms with Crippen LogP contribution < -0.4 is 4.18 Å². The molecule has 0 bridgehead atoms. The number of benzene rings is 2. The molecule has 9 heteroatoms. The van der Waals surface area contributed by atoms with Crippen molar-refractivity contribution in [3.05, 3.63) is 81.3 Å². The van der Waals surface area contributed by atoms with Gasteiger partial charge in [-0.1, -0.05) is 57.0 Å². The van der Waals surface area contributed by atoms with Crippen molar-refractivity contribution < 1.29 is 8.98 Å². The van der Waals surface area contributed by atoms with Gasteiger partial charge >= 0.3 is 0 Å². The highest BCUT2D eigenvalue weighted by atomic mass is 79.9. The minimum atomic E-state index is -0.211. The molecule has 140 valence electrons. The van der Waals surface area contributed by atoms with Crippen LogP contribution in [0.4, 0.5) is 4.79 Å². The third-order valence-electron chi connectivity index (χ3n) is 3.50. The van der Waals surface area contributed by atoms with Crippen LogP contribution in [0.1, 0.15) is 10.8 Å². The van der Waals surface area contributed by atoms with E-state index in [2.05, 4.69) is 20.9 Å². The lowest BCUT2D eigenvalue weighted by atomic mass is 10.1. The molecule has 0 saturated carbocycles. The molecule has 1 unspecified atom stereocenters. The van der Waals surface area contributed by atoms with Gasteiger partial charge in [-0.25, -0.2) is 4.98 Å². The number of imidazole rings is 1. The van der Waals surface area contributed by atoms with E-state index in [9.17, 15) is 4.79 Å². The number of carbonyl (C=O) groups excluding carboxylic acids is 1. The predicted molar refractivity (Wildman–Crippen MR) is 117 cm³/mol. The lowest BCUT2D eigenvalue weighted by molar-refractivity contribution is 0.275. The van der Waals surface area contributed by atoms with Crippen molar-refractivity contribution in [3.63, 3.8) is 0 Å². The summed E-state index contributed by atoms with van der Waals surface area (Å²) < 4.78 is 8.17. The van der Waals surface area contributed by atoms with E-state index in [1.54, 1.807) is 36.8 Å². The molecular formula is C18H13BrCl2N2O2S2. The molecule has 0 N–H and O–H groups in total. The van der Waals surface area contributed by atoms with Crippen LogP contribution in [0.25, 0.3) is 0 Å². The van der Waals surface area contributed by atoms with E-state index in [1.807, 2.05) is 29.0 Å².